The molecular formula is C26H27N3O3. The minimum absolute atomic E-state index is 0.253. The molecule has 0 aliphatic carbocycles. The van der Waals surface area contributed by atoms with E-state index in [1.165, 1.54) is 5.56 Å². The summed E-state index contributed by atoms with van der Waals surface area (Å²) < 4.78 is 5.17. The first-order chi connectivity index (χ1) is 15.7. The van der Waals surface area contributed by atoms with E-state index in [4.69, 9.17) is 9.57 Å². The Balaban J connectivity index is 1.45. The fourth-order valence-electron chi connectivity index (χ4n) is 3.65. The number of carbonyl (C=O) groups excluding carboxylic acids is 1. The van der Waals surface area contributed by atoms with Crippen LogP contribution in [-0.4, -0.2) is 25.3 Å². The van der Waals surface area contributed by atoms with E-state index < -0.39 is 0 Å². The van der Waals surface area contributed by atoms with Crippen molar-refractivity contribution in [3.8, 4) is 5.75 Å². The number of hydrogen-bond donors (Lipinski definition) is 3. The summed E-state index contributed by atoms with van der Waals surface area (Å²) in [5.74, 6) is 0.736. The molecular weight excluding hydrogens is 402 g/mol. The molecule has 0 radical (unpaired) electrons. The number of rotatable bonds is 8. The Hall–Kier alpha value is -3.77. The smallest absolute Gasteiger partial charge is 0.319 e. The van der Waals surface area contributed by atoms with Gasteiger partial charge in [-0.1, -0.05) is 60.7 Å². The lowest BCUT2D eigenvalue weighted by atomic mass is 10.00. The van der Waals surface area contributed by atoms with Gasteiger partial charge in [-0.15, -0.1) is 0 Å². The number of allylic oxidation sites excluding steroid dienone is 1. The van der Waals surface area contributed by atoms with E-state index in [1.54, 1.807) is 31.4 Å². The zero-order chi connectivity index (χ0) is 22.2. The van der Waals surface area contributed by atoms with E-state index in [9.17, 15) is 4.79 Å². The molecule has 3 aromatic carbocycles. The Kier molecular flexibility index (Phi) is 7.05. The molecule has 1 heterocycles. The molecule has 2 unspecified atom stereocenters. The Morgan fingerprint density at radius 1 is 0.969 bits per heavy atom. The van der Waals surface area contributed by atoms with Gasteiger partial charge in [0.15, 0.2) is 0 Å². The summed E-state index contributed by atoms with van der Waals surface area (Å²) in [6.45, 7) is 0. The summed E-state index contributed by atoms with van der Waals surface area (Å²) in [5, 5.41) is 5.96. The lowest BCUT2D eigenvalue weighted by molar-refractivity contribution is 0.0229. The summed E-state index contributed by atoms with van der Waals surface area (Å²) in [6, 6.07) is 26.9. The van der Waals surface area contributed by atoms with Gasteiger partial charge < -0.3 is 15.4 Å². The number of nitrogens with one attached hydrogen (secondary N) is 3. The van der Waals surface area contributed by atoms with Crippen molar-refractivity contribution in [1.29, 1.82) is 0 Å². The molecule has 0 fully saturated rings. The molecule has 4 rings (SSSR count). The average Bonchev–Trinajstić information content (AvgIpc) is 3.29. The van der Waals surface area contributed by atoms with E-state index >= 15 is 0 Å². The van der Waals surface area contributed by atoms with Crippen molar-refractivity contribution in [3.63, 3.8) is 0 Å². The summed E-state index contributed by atoms with van der Waals surface area (Å²) in [4.78, 5) is 18.6. The topological polar surface area (TPSA) is 71.6 Å². The molecule has 6 nitrogen and oxygen atoms in total. The standard InChI is InChI=1S/C26H27N3O3/c1-31-23-14-12-21(13-15-23)27-26(30)28-24(17-20-10-6-3-7-11-20)25-18-22(29-32-25)16-19-8-4-2-5-9-19/h2-15,18,24-25,29H,16-17H2,1H3,(H2,27,28,30). The van der Waals surface area contributed by atoms with Crippen LogP contribution >= 0.6 is 0 Å². The van der Waals surface area contributed by atoms with Gasteiger partial charge in [0.25, 0.3) is 0 Å². The number of amides is 2. The van der Waals surface area contributed by atoms with Gasteiger partial charge in [0.2, 0.25) is 0 Å². The van der Waals surface area contributed by atoms with Gasteiger partial charge >= 0.3 is 6.03 Å². The molecule has 0 saturated carbocycles. The number of hydroxylamine groups is 1. The summed E-state index contributed by atoms with van der Waals surface area (Å²) >= 11 is 0. The molecule has 0 bridgehead atoms. The van der Waals surface area contributed by atoms with Crippen molar-refractivity contribution >= 4 is 11.7 Å². The van der Waals surface area contributed by atoms with Crippen LogP contribution in [0.25, 0.3) is 0 Å². The predicted octanol–water partition coefficient (Wildman–Crippen LogP) is 4.46. The van der Waals surface area contributed by atoms with Crippen molar-refractivity contribution in [2.24, 2.45) is 0 Å². The van der Waals surface area contributed by atoms with Crippen LogP contribution in [0.3, 0.4) is 0 Å². The molecule has 2 amide bonds. The minimum atomic E-state index is -0.296. The zero-order valence-electron chi connectivity index (χ0n) is 18.0. The minimum Gasteiger partial charge on any atom is -0.497 e. The highest BCUT2D eigenvalue weighted by Crippen LogP contribution is 2.19. The van der Waals surface area contributed by atoms with Crippen LogP contribution in [0.2, 0.25) is 0 Å². The number of urea groups is 1. The average molecular weight is 430 g/mol. The summed E-state index contributed by atoms with van der Waals surface area (Å²) in [7, 11) is 1.61. The lowest BCUT2D eigenvalue weighted by Crippen LogP contribution is -2.46. The normalized spacial score (nSPS) is 15.9. The number of anilines is 1. The third-order valence-electron chi connectivity index (χ3n) is 5.29. The van der Waals surface area contributed by atoms with Crippen LogP contribution in [0.4, 0.5) is 10.5 Å². The van der Waals surface area contributed by atoms with Crippen LogP contribution in [0.1, 0.15) is 11.1 Å². The Labute approximate surface area is 188 Å². The van der Waals surface area contributed by atoms with Crippen LogP contribution < -0.4 is 20.9 Å². The van der Waals surface area contributed by atoms with Crippen LogP contribution in [0.15, 0.2) is 96.7 Å². The monoisotopic (exact) mass is 429 g/mol. The van der Waals surface area contributed by atoms with Crippen molar-refractivity contribution in [2.45, 2.75) is 25.0 Å². The fourth-order valence-corrected chi connectivity index (χ4v) is 3.65. The molecule has 3 N–H and O–H groups in total. The van der Waals surface area contributed by atoms with Gasteiger partial charge in [-0.05, 0) is 47.9 Å². The highest BCUT2D eigenvalue weighted by molar-refractivity contribution is 5.89. The Morgan fingerprint density at radius 2 is 1.62 bits per heavy atom. The van der Waals surface area contributed by atoms with Gasteiger partial charge in [0.05, 0.1) is 13.2 Å². The van der Waals surface area contributed by atoms with E-state index in [2.05, 4.69) is 28.2 Å². The SMILES string of the molecule is COc1ccc(NC(=O)NC(Cc2ccccc2)C2C=C(Cc3ccccc3)NO2)cc1. The van der Waals surface area contributed by atoms with Crippen LogP contribution in [0, 0.1) is 0 Å². The van der Waals surface area contributed by atoms with Crippen LogP contribution in [0.5, 0.6) is 5.75 Å². The molecule has 32 heavy (non-hydrogen) atoms. The molecule has 1 aliphatic rings. The summed E-state index contributed by atoms with van der Waals surface area (Å²) in [6.07, 6.45) is 3.13. The highest BCUT2D eigenvalue weighted by atomic mass is 16.7. The number of benzene rings is 3. The molecule has 2 atom stereocenters. The second-order valence-electron chi connectivity index (χ2n) is 7.66. The second kappa shape index (κ2) is 10.5. The van der Waals surface area contributed by atoms with Gasteiger partial charge in [0, 0.05) is 17.8 Å². The van der Waals surface area contributed by atoms with E-state index in [0.29, 0.717) is 12.1 Å². The van der Waals surface area contributed by atoms with Gasteiger partial charge in [-0.25, -0.2) is 4.79 Å². The van der Waals surface area contributed by atoms with Crippen molar-refractivity contribution in [1.82, 2.24) is 10.8 Å². The fraction of sp³-hybridized carbons (Fsp3) is 0.192. The predicted molar refractivity (Wildman–Crippen MR) is 125 cm³/mol. The van der Waals surface area contributed by atoms with E-state index in [1.807, 2.05) is 54.6 Å². The van der Waals surface area contributed by atoms with Gasteiger partial charge in [-0.2, -0.15) is 0 Å². The Morgan fingerprint density at radius 3 is 2.28 bits per heavy atom. The maximum absolute atomic E-state index is 12.7. The van der Waals surface area contributed by atoms with Crippen molar-refractivity contribution in [3.05, 3.63) is 108 Å². The maximum Gasteiger partial charge on any atom is 0.319 e. The first kappa shape index (κ1) is 21.5. The molecule has 1 aliphatic heterocycles. The third-order valence-corrected chi connectivity index (χ3v) is 5.29. The lowest BCUT2D eigenvalue weighted by Gasteiger charge is -2.23. The van der Waals surface area contributed by atoms with Crippen LogP contribution in [-0.2, 0) is 17.7 Å². The van der Waals surface area contributed by atoms with E-state index in [-0.39, 0.29) is 18.2 Å². The molecule has 6 heteroatoms. The number of carbonyl (C=O) groups is 1. The van der Waals surface area contributed by atoms with Gasteiger partial charge in [0.1, 0.15) is 11.9 Å². The first-order valence-electron chi connectivity index (χ1n) is 10.6. The quantitative estimate of drug-likeness (QED) is 0.495. The number of ether oxygens (including phenoxy) is 1. The Bertz CT molecular complexity index is 1040. The van der Waals surface area contributed by atoms with E-state index in [0.717, 1.165) is 23.4 Å². The number of methoxy groups -OCH3 is 1. The molecule has 0 spiro atoms. The maximum atomic E-state index is 12.7. The largest absolute Gasteiger partial charge is 0.497 e. The number of hydrogen-bond acceptors (Lipinski definition) is 4. The zero-order valence-corrected chi connectivity index (χ0v) is 18.0. The third kappa shape index (κ3) is 5.89. The molecule has 164 valence electrons. The van der Waals surface area contributed by atoms with Gasteiger partial charge in [-0.3, -0.25) is 10.3 Å². The van der Waals surface area contributed by atoms with Crippen molar-refractivity contribution in [2.75, 3.05) is 12.4 Å². The van der Waals surface area contributed by atoms with Crippen molar-refractivity contribution < 1.29 is 14.4 Å². The molecule has 3 aromatic rings. The molecule has 0 saturated heterocycles. The summed E-state index contributed by atoms with van der Waals surface area (Å²) in [5.41, 5.74) is 7.02. The highest BCUT2D eigenvalue weighted by Gasteiger charge is 2.28. The molecule has 0 aromatic heterocycles. The second-order valence-corrected chi connectivity index (χ2v) is 7.66. The first-order valence-corrected chi connectivity index (χ1v) is 10.6.